The zero-order valence-electron chi connectivity index (χ0n) is 14.1. The van der Waals surface area contributed by atoms with Gasteiger partial charge in [0.05, 0.1) is 16.8 Å². The molecule has 0 bridgehead atoms. The molecule has 3 heterocycles. The third-order valence-electron chi connectivity index (χ3n) is 4.56. The Balaban J connectivity index is 1.96. The van der Waals surface area contributed by atoms with Crippen LogP contribution in [0.5, 0.6) is 0 Å². The maximum atomic E-state index is 9.07. The molecule has 1 aliphatic rings. The van der Waals surface area contributed by atoms with Crippen molar-refractivity contribution in [1.29, 1.82) is 0 Å². The lowest BCUT2D eigenvalue weighted by Crippen LogP contribution is -2.07. The third kappa shape index (κ3) is 2.54. The highest BCUT2D eigenvalue weighted by Crippen LogP contribution is 2.41. The van der Waals surface area contributed by atoms with Crippen LogP contribution in [0.25, 0.3) is 20.4 Å². The number of aliphatic hydroxyl groups excluding tert-OH is 1. The van der Waals surface area contributed by atoms with Gasteiger partial charge in [0.2, 0.25) is 0 Å². The number of thiophene rings is 1. The normalized spacial score (nSPS) is 14.0. The van der Waals surface area contributed by atoms with Gasteiger partial charge in [-0.25, -0.2) is 15.0 Å². The van der Waals surface area contributed by atoms with E-state index in [1.165, 1.54) is 28.6 Å². The SMILES string of the molecule is CC(C)Cc1nc2sc3c(NCCO)ncnc3c2c2c1CCC2. The Bertz CT molecular complexity index is 903. The summed E-state index contributed by atoms with van der Waals surface area (Å²) in [5.41, 5.74) is 5.19. The molecule has 0 atom stereocenters. The van der Waals surface area contributed by atoms with Gasteiger partial charge in [-0.3, -0.25) is 0 Å². The largest absolute Gasteiger partial charge is 0.395 e. The molecule has 24 heavy (non-hydrogen) atoms. The number of aliphatic hydroxyl groups is 1. The summed E-state index contributed by atoms with van der Waals surface area (Å²) < 4.78 is 1.05. The molecule has 1 aliphatic carbocycles. The first-order valence-corrected chi connectivity index (χ1v) is 9.43. The summed E-state index contributed by atoms with van der Waals surface area (Å²) in [4.78, 5) is 15.0. The highest BCUT2D eigenvalue weighted by Gasteiger charge is 2.24. The number of fused-ring (bicyclic) bond motifs is 5. The average molecular weight is 342 g/mol. The Morgan fingerprint density at radius 3 is 2.88 bits per heavy atom. The molecule has 3 aromatic heterocycles. The van der Waals surface area contributed by atoms with Gasteiger partial charge < -0.3 is 10.4 Å². The van der Waals surface area contributed by atoms with E-state index in [4.69, 9.17) is 10.1 Å². The number of nitrogens with zero attached hydrogens (tertiary/aromatic N) is 3. The van der Waals surface area contributed by atoms with Crippen LogP contribution in [0.2, 0.25) is 0 Å². The molecule has 0 spiro atoms. The van der Waals surface area contributed by atoms with E-state index in [-0.39, 0.29) is 6.61 Å². The molecule has 4 rings (SSSR count). The van der Waals surface area contributed by atoms with Crippen LogP contribution in [0.4, 0.5) is 5.82 Å². The van der Waals surface area contributed by atoms with E-state index in [1.807, 2.05) is 0 Å². The van der Waals surface area contributed by atoms with Crippen molar-refractivity contribution in [2.24, 2.45) is 5.92 Å². The molecule has 3 aromatic rings. The zero-order chi connectivity index (χ0) is 16.7. The highest BCUT2D eigenvalue weighted by molar-refractivity contribution is 7.26. The number of aromatic nitrogens is 3. The summed E-state index contributed by atoms with van der Waals surface area (Å²) >= 11 is 1.67. The molecule has 5 nitrogen and oxygen atoms in total. The Morgan fingerprint density at radius 2 is 2.08 bits per heavy atom. The minimum Gasteiger partial charge on any atom is -0.395 e. The molecule has 0 aromatic carbocycles. The van der Waals surface area contributed by atoms with Crippen molar-refractivity contribution in [3.8, 4) is 0 Å². The Kier molecular flexibility index (Phi) is 4.10. The van der Waals surface area contributed by atoms with Crippen molar-refractivity contribution in [1.82, 2.24) is 15.0 Å². The van der Waals surface area contributed by atoms with E-state index >= 15 is 0 Å². The van der Waals surface area contributed by atoms with Crippen molar-refractivity contribution in [3.05, 3.63) is 23.1 Å². The summed E-state index contributed by atoms with van der Waals surface area (Å²) in [6.07, 6.45) is 6.11. The predicted molar refractivity (Wildman–Crippen MR) is 98.9 cm³/mol. The number of hydrogen-bond donors (Lipinski definition) is 2. The third-order valence-corrected chi connectivity index (χ3v) is 5.64. The van der Waals surface area contributed by atoms with Gasteiger partial charge in [0.25, 0.3) is 0 Å². The van der Waals surface area contributed by atoms with Gasteiger partial charge in [-0.2, -0.15) is 0 Å². The van der Waals surface area contributed by atoms with Gasteiger partial charge in [-0.1, -0.05) is 13.8 Å². The number of anilines is 1. The minimum atomic E-state index is 0.0859. The van der Waals surface area contributed by atoms with Crippen molar-refractivity contribution in [3.63, 3.8) is 0 Å². The molecule has 0 amide bonds. The first kappa shape index (κ1) is 15.7. The molecule has 0 radical (unpaired) electrons. The van der Waals surface area contributed by atoms with Crippen LogP contribution < -0.4 is 5.32 Å². The van der Waals surface area contributed by atoms with E-state index in [9.17, 15) is 0 Å². The van der Waals surface area contributed by atoms with E-state index in [2.05, 4.69) is 29.1 Å². The molecule has 0 aliphatic heterocycles. The van der Waals surface area contributed by atoms with Crippen molar-refractivity contribution in [2.45, 2.75) is 39.5 Å². The van der Waals surface area contributed by atoms with E-state index < -0.39 is 0 Å². The van der Waals surface area contributed by atoms with Crippen LogP contribution >= 0.6 is 11.3 Å². The van der Waals surface area contributed by atoms with Crippen LogP contribution in [0.1, 0.15) is 37.1 Å². The topological polar surface area (TPSA) is 70.9 Å². The van der Waals surface area contributed by atoms with Crippen molar-refractivity contribution < 1.29 is 5.11 Å². The van der Waals surface area contributed by atoms with Crippen molar-refractivity contribution in [2.75, 3.05) is 18.5 Å². The number of aryl methyl sites for hydroxylation is 1. The van der Waals surface area contributed by atoms with Crippen LogP contribution in [0.15, 0.2) is 6.33 Å². The monoisotopic (exact) mass is 342 g/mol. The molecule has 0 saturated carbocycles. The molecular weight excluding hydrogens is 320 g/mol. The van der Waals surface area contributed by atoms with E-state index in [0.29, 0.717) is 12.5 Å². The second kappa shape index (κ2) is 6.26. The quantitative estimate of drug-likeness (QED) is 0.744. The van der Waals surface area contributed by atoms with Crippen LogP contribution in [-0.2, 0) is 19.3 Å². The predicted octanol–water partition coefficient (Wildman–Crippen LogP) is 3.33. The Hall–Kier alpha value is -1.79. The fourth-order valence-corrected chi connectivity index (χ4v) is 4.78. The number of pyridine rings is 1. The van der Waals surface area contributed by atoms with Gasteiger partial charge in [0.1, 0.15) is 17.0 Å². The summed E-state index contributed by atoms with van der Waals surface area (Å²) in [5.74, 6) is 1.41. The summed E-state index contributed by atoms with van der Waals surface area (Å²) in [5, 5.41) is 13.5. The molecular formula is C18H22N4OS. The van der Waals surface area contributed by atoms with Crippen LogP contribution in [0.3, 0.4) is 0 Å². The summed E-state index contributed by atoms with van der Waals surface area (Å²) in [7, 11) is 0. The van der Waals surface area contributed by atoms with Gasteiger partial charge in [-0.05, 0) is 42.7 Å². The first-order valence-electron chi connectivity index (χ1n) is 8.61. The second-order valence-corrected chi connectivity index (χ2v) is 7.80. The van der Waals surface area contributed by atoms with E-state index in [0.717, 1.165) is 40.1 Å². The van der Waals surface area contributed by atoms with Crippen molar-refractivity contribution >= 4 is 37.6 Å². The standard InChI is InChI=1S/C18H22N4OS/c1-10(2)8-13-11-4-3-5-12(11)14-15-16(24-18(14)22-13)17(19-6-7-23)21-9-20-15/h9-10,23H,3-8H2,1-2H3,(H,19,20,21). The van der Waals surface area contributed by atoms with Crippen LogP contribution in [0, 0.1) is 5.92 Å². The molecule has 0 saturated heterocycles. The first-order chi connectivity index (χ1) is 11.7. The van der Waals surface area contributed by atoms with E-state index in [1.54, 1.807) is 17.7 Å². The zero-order valence-corrected chi connectivity index (χ0v) is 14.9. The van der Waals surface area contributed by atoms with Gasteiger partial charge in [-0.15, -0.1) is 11.3 Å². The van der Waals surface area contributed by atoms with Gasteiger partial charge in [0, 0.05) is 17.6 Å². The van der Waals surface area contributed by atoms with Crippen LogP contribution in [-0.4, -0.2) is 33.2 Å². The fourth-order valence-electron chi connectivity index (χ4n) is 3.63. The maximum absolute atomic E-state index is 9.07. The maximum Gasteiger partial charge on any atom is 0.147 e. The Morgan fingerprint density at radius 1 is 1.25 bits per heavy atom. The summed E-state index contributed by atoms with van der Waals surface area (Å²) in [6, 6.07) is 0. The lowest BCUT2D eigenvalue weighted by molar-refractivity contribution is 0.311. The average Bonchev–Trinajstić information content (AvgIpc) is 3.16. The second-order valence-electron chi connectivity index (χ2n) is 6.80. The fraction of sp³-hybridized carbons (Fsp3) is 0.500. The molecule has 0 unspecified atom stereocenters. The number of rotatable bonds is 5. The smallest absolute Gasteiger partial charge is 0.147 e. The van der Waals surface area contributed by atoms with Gasteiger partial charge >= 0.3 is 0 Å². The van der Waals surface area contributed by atoms with Gasteiger partial charge in [0.15, 0.2) is 0 Å². The number of nitrogens with one attached hydrogen (secondary N) is 1. The summed E-state index contributed by atoms with van der Waals surface area (Å²) in [6.45, 7) is 5.08. The molecule has 2 N–H and O–H groups in total. The molecule has 126 valence electrons. The minimum absolute atomic E-state index is 0.0859. The molecule has 6 heteroatoms. The lowest BCUT2D eigenvalue weighted by atomic mass is 9.99. The molecule has 0 fully saturated rings. The lowest BCUT2D eigenvalue weighted by Gasteiger charge is -2.11. The number of hydrogen-bond acceptors (Lipinski definition) is 6. The highest BCUT2D eigenvalue weighted by atomic mass is 32.1. The Labute approximate surface area is 145 Å².